The SMILES string of the molecule is COC(=O)C1(C(=O)OC)CC2=C(CC3/C(=C\C(C)=C/2)N(C(=O)OC(C)(C)C)c2ccccc23)C1. The van der Waals surface area contributed by atoms with Crippen LogP contribution in [0.5, 0.6) is 0 Å². The van der Waals surface area contributed by atoms with Crippen LogP contribution in [-0.2, 0) is 23.8 Å². The van der Waals surface area contributed by atoms with Gasteiger partial charge >= 0.3 is 18.0 Å². The molecular formula is C27H31NO6. The van der Waals surface area contributed by atoms with Gasteiger partial charge in [-0.1, -0.05) is 29.8 Å². The summed E-state index contributed by atoms with van der Waals surface area (Å²) < 4.78 is 15.8. The molecule has 1 unspecified atom stereocenters. The van der Waals surface area contributed by atoms with Crippen LogP contribution in [0.25, 0.3) is 0 Å². The predicted octanol–water partition coefficient (Wildman–Crippen LogP) is 5.18. The van der Waals surface area contributed by atoms with E-state index in [0.717, 1.165) is 33.7 Å². The van der Waals surface area contributed by atoms with Crippen LogP contribution in [0.1, 0.15) is 58.4 Å². The number of allylic oxidation sites excluding steroid dienone is 6. The maximum Gasteiger partial charge on any atom is 0.419 e. The van der Waals surface area contributed by atoms with Gasteiger partial charge in [0.15, 0.2) is 5.41 Å². The van der Waals surface area contributed by atoms with E-state index >= 15 is 0 Å². The van der Waals surface area contributed by atoms with Crippen LogP contribution in [-0.4, -0.2) is 37.9 Å². The Kier molecular flexibility index (Phi) is 5.92. The first kappa shape index (κ1) is 23.8. The third kappa shape index (κ3) is 3.93. The third-order valence-electron chi connectivity index (χ3n) is 6.59. The van der Waals surface area contributed by atoms with Crippen LogP contribution in [0.3, 0.4) is 0 Å². The quantitative estimate of drug-likeness (QED) is 0.340. The highest BCUT2D eigenvalue weighted by Crippen LogP contribution is 2.53. The number of ether oxygens (including phenoxy) is 3. The van der Waals surface area contributed by atoms with Crippen LogP contribution in [0.15, 0.2) is 58.8 Å². The summed E-state index contributed by atoms with van der Waals surface area (Å²) in [5.74, 6) is -1.30. The van der Waals surface area contributed by atoms with Crippen molar-refractivity contribution < 1.29 is 28.6 Å². The summed E-state index contributed by atoms with van der Waals surface area (Å²) in [6, 6.07) is 7.79. The van der Waals surface area contributed by atoms with Crippen LogP contribution >= 0.6 is 0 Å². The maximum absolute atomic E-state index is 13.3. The Balaban J connectivity index is 1.78. The van der Waals surface area contributed by atoms with Crippen LogP contribution in [0.4, 0.5) is 10.5 Å². The molecule has 0 fully saturated rings. The van der Waals surface area contributed by atoms with Crippen molar-refractivity contribution in [3.05, 3.63) is 64.4 Å². The summed E-state index contributed by atoms with van der Waals surface area (Å²) in [7, 11) is 2.57. The van der Waals surface area contributed by atoms with Gasteiger partial charge in [0.05, 0.1) is 19.9 Å². The van der Waals surface area contributed by atoms with E-state index in [4.69, 9.17) is 14.2 Å². The second kappa shape index (κ2) is 8.46. The lowest BCUT2D eigenvalue weighted by Crippen LogP contribution is -2.39. The number of carbonyl (C=O) groups is 3. The highest BCUT2D eigenvalue weighted by Gasteiger charge is 2.54. The van der Waals surface area contributed by atoms with Gasteiger partial charge in [-0.05, 0) is 75.8 Å². The van der Waals surface area contributed by atoms with Crippen molar-refractivity contribution in [1.29, 1.82) is 0 Å². The summed E-state index contributed by atoms with van der Waals surface area (Å²) in [6.07, 6.45) is 4.57. The maximum atomic E-state index is 13.3. The van der Waals surface area contributed by atoms with E-state index in [1.165, 1.54) is 14.2 Å². The van der Waals surface area contributed by atoms with E-state index in [9.17, 15) is 14.4 Å². The lowest BCUT2D eigenvalue weighted by Gasteiger charge is -2.27. The standard InChI is InChI=1S/C27H31NO6/c1-16-11-17-14-27(23(29)32-5,24(30)33-6)15-18(17)13-20-19-9-7-8-10-21(19)28(22(20)12-16)25(31)34-26(2,3)4/h7-12,20H,13-15H2,1-6H3/b16-11-,22-12+. The number of methoxy groups -OCH3 is 2. The zero-order valence-electron chi connectivity index (χ0n) is 20.6. The summed E-state index contributed by atoms with van der Waals surface area (Å²) >= 11 is 0. The Hall–Kier alpha value is -3.35. The molecule has 0 spiro atoms. The monoisotopic (exact) mass is 465 g/mol. The van der Waals surface area contributed by atoms with Gasteiger partial charge < -0.3 is 14.2 Å². The summed E-state index contributed by atoms with van der Waals surface area (Å²) in [5, 5.41) is 0. The number of rotatable bonds is 2. The Morgan fingerprint density at radius 2 is 1.65 bits per heavy atom. The van der Waals surface area contributed by atoms with E-state index in [1.807, 2.05) is 64.1 Å². The molecule has 7 heteroatoms. The van der Waals surface area contributed by atoms with Crippen molar-refractivity contribution in [2.75, 3.05) is 19.1 Å². The van der Waals surface area contributed by atoms with Gasteiger partial charge in [-0.2, -0.15) is 0 Å². The van der Waals surface area contributed by atoms with Gasteiger partial charge in [-0.3, -0.25) is 9.59 Å². The van der Waals surface area contributed by atoms with Gasteiger partial charge in [0.25, 0.3) is 0 Å². The Labute approximate surface area is 200 Å². The van der Waals surface area contributed by atoms with Crippen molar-refractivity contribution in [3.8, 4) is 0 Å². The molecule has 180 valence electrons. The number of amides is 1. The summed E-state index contributed by atoms with van der Waals surface area (Å²) in [5.41, 5.74) is 3.44. The van der Waals surface area contributed by atoms with Crippen molar-refractivity contribution >= 4 is 23.7 Å². The fourth-order valence-electron chi connectivity index (χ4n) is 5.24. The molecule has 1 amide bonds. The van der Waals surface area contributed by atoms with E-state index in [1.54, 1.807) is 4.90 Å². The minimum absolute atomic E-state index is 0.122. The normalized spacial score (nSPS) is 23.8. The molecular weight excluding hydrogens is 434 g/mol. The van der Waals surface area contributed by atoms with Crippen molar-refractivity contribution in [2.45, 2.75) is 58.5 Å². The van der Waals surface area contributed by atoms with Gasteiger partial charge in [0.2, 0.25) is 0 Å². The minimum atomic E-state index is -1.39. The van der Waals surface area contributed by atoms with Gasteiger partial charge in [0, 0.05) is 11.6 Å². The van der Waals surface area contributed by atoms with Gasteiger partial charge in [-0.25, -0.2) is 9.69 Å². The topological polar surface area (TPSA) is 82.1 Å². The molecule has 3 aliphatic rings. The highest BCUT2D eigenvalue weighted by molar-refractivity contribution is 6.02. The van der Waals surface area contributed by atoms with Crippen molar-refractivity contribution in [3.63, 3.8) is 0 Å². The number of hydrogen-bond acceptors (Lipinski definition) is 6. The van der Waals surface area contributed by atoms with Gasteiger partial charge in [0.1, 0.15) is 5.60 Å². The molecule has 2 aliphatic carbocycles. The first-order chi connectivity index (χ1) is 16.0. The molecule has 1 aromatic rings. The fraction of sp³-hybridized carbons (Fsp3) is 0.444. The Bertz CT molecular complexity index is 1130. The lowest BCUT2D eigenvalue weighted by molar-refractivity contribution is -0.168. The smallest absolute Gasteiger partial charge is 0.419 e. The highest BCUT2D eigenvalue weighted by atomic mass is 16.6. The van der Waals surface area contributed by atoms with Crippen molar-refractivity contribution in [2.24, 2.45) is 5.41 Å². The Morgan fingerprint density at radius 1 is 1.00 bits per heavy atom. The minimum Gasteiger partial charge on any atom is -0.468 e. The van der Waals surface area contributed by atoms with E-state index in [-0.39, 0.29) is 18.8 Å². The number of benzene rings is 1. The number of esters is 2. The molecule has 0 saturated heterocycles. The van der Waals surface area contributed by atoms with E-state index in [2.05, 4.69) is 0 Å². The van der Waals surface area contributed by atoms with E-state index in [0.29, 0.717) is 6.42 Å². The zero-order chi connectivity index (χ0) is 24.8. The number of fused-ring (bicyclic) bond motifs is 3. The van der Waals surface area contributed by atoms with Crippen LogP contribution in [0.2, 0.25) is 0 Å². The molecule has 7 nitrogen and oxygen atoms in total. The molecule has 1 heterocycles. The number of para-hydroxylation sites is 1. The fourth-order valence-corrected chi connectivity index (χ4v) is 5.24. The average molecular weight is 466 g/mol. The molecule has 1 atom stereocenters. The number of anilines is 1. The van der Waals surface area contributed by atoms with Crippen LogP contribution < -0.4 is 4.90 Å². The van der Waals surface area contributed by atoms with Crippen molar-refractivity contribution in [1.82, 2.24) is 0 Å². The first-order valence-corrected chi connectivity index (χ1v) is 11.4. The lowest BCUT2D eigenvalue weighted by atomic mass is 9.82. The average Bonchev–Trinajstić information content (AvgIpc) is 3.27. The second-order valence-corrected chi connectivity index (χ2v) is 10.1. The summed E-state index contributed by atoms with van der Waals surface area (Å²) in [4.78, 5) is 40.5. The molecule has 0 radical (unpaired) electrons. The first-order valence-electron chi connectivity index (χ1n) is 11.4. The molecule has 4 rings (SSSR count). The molecule has 0 bridgehead atoms. The Morgan fingerprint density at radius 3 is 2.26 bits per heavy atom. The largest absolute Gasteiger partial charge is 0.468 e. The molecule has 34 heavy (non-hydrogen) atoms. The third-order valence-corrected chi connectivity index (χ3v) is 6.59. The van der Waals surface area contributed by atoms with E-state index < -0.39 is 29.0 Å². The summed E-state index contributed by atoms with van der Waals surface area (Å²) in [6.45, 7) is 7.48. The number of carbonyl (C=O) groups excluding carboxylic acids is 3. The van der Waals surface area contributed by atoms with Crippen LogP contribution in [0, 0.1) is 5.41 Å². The molecule has 0 aromatic heterocycles. The molecule has 1 aromatic carbocycles. The predicted molar refractivity (Wildman–Crippen MR) is 127 cm³/mol. The molecule has 0 saturated carbocycles. The second-order valence-electron chi connectivity index (χ2n) is 10.1. The molecule has 0 N–H and O–H groups in total. The number of nitrogens with zero attached hydrogens (tertiary/aromatic N) is 1. The molecule has 1 aliphatic heterocycles. The zero-order valence-corrected chi connectivity index (χ0v) is 20.6. The van der Waals surface area contributed by atoms with Gasteiger partial charge in [-0.15, -0.1) is 0 Å². The number of hydrogen-bond donors (Lipinski definition) is 0.